The Kier molecular flexibility index (Phi) is 8.84. The van der Waals surface area contributed by atoms with Crippen molar-refractivity contribution < 1.29 is 31.1 Å². The largest absolute Gasteiger partial charge is 0.463 e. The second kappa shape index (κ2) is 11.8. The summed E-state index contributed by atoms with van der Waals surface area (Å²) in [4.78, 5) is 21.7. The standard InChI is InChI=1S/C25H26ClF3N4O4S2/c1-15(2)14-37-24-31-18(12-19(32-24)16-5-7-17(8-6-16)25(27,28)29)13-30-23(34)20-4-3-11-33(20)39(35,36)22-10-9-21(26)38-22/h5-10,12,15,20H,3-4,11,13-14H2,1-2H3,(H,30,34)/t20-/m0/s1. The van der Waals surface area contributed by atoms with Crippen LogP contribution in [0.4, 0.5) is 13.2 Å². The van der Waals surface area contributed by atoms with E-state index < -0.39 is 33.7 Å². The topological polar surface area (TPSA) is 101 Å². The molecular formula is C25H26ClF3N4O4S2. The van der Waals surface area contributed by atoms with Crippen molar-refractivity contribution in [3.05, 3.63) is 58.1 Å². The van der Waals surface area contributed by atoms with Crippen LogP contribution in [-0.2, 0) is 27.5 Å². The van der Waals surface area contributed by atoms with E-state index in [0.29, 0.717) is 40.7 Å². The number of sulfonamides is 1. The Labute approximate surface area is 233 Å². The fraction of sp³-hybridized carbons (Fsp3) is 0.400. The van der Waals surface area contributed by atoms with Crippen LogP contribution in [0, 0.1) is 5.92 Å². The third-order valence-corrected chi connectivity index (χ3v) is 9.48. The highest BCUT2D eigenvalue weighted by molar-refractivity contribution is 7.91. The molecule has 2 aromatic heterocycles. The second-order valence-electron chi connectivity index (χ2n) is 9.36. The fourth-order valence-electron chi connectivity index (χ4n) is 3.98. The van der Waals surface area contributed by atoms with Gasteiger partial charge in [-0.05, 0) is 49.1 Å². The van der Waals surface area contributed by atoms with Crippen molar-refractivity contribution in [1.82, 2.24) is 19.6 Å². The van der Waals surface area contributed by atoms with Crippen LogP contribution in [-0.4, -0.2) is 47.8 Å². The molecule has 1 aromatic carbocycles. The molecule has 1 fully saturated rings. The summed E-state index contributed by atoms with van der Waals surface area (Å²) in [6.07, 6.45) is -3.59. The van der Waals surface area contributed by atoms with Gasteiger partial charge in [0.2, 0.25) is 5.91 Å². The molecule has 1 aliphatic heterocycles. The first-order chi connectivity index (χ1) is 18.3. The smallest absolute Gasteiger partial charge is 0.416 e. The first-order valence-electron chi connectivity index (χ1n) is 12.1. The summed E-state index contributed by atoms with van der Waals surface area (Å²) >= 11 is 6.84. The monoisotopic (exact) mass is 602 g/mol. The summed E-state index contributed by atoms with van der Waals surface area (Å²) in [7, 11) is -3.89. The molecule has 0 saturated carbocycles. The highest BCUT2D eigenvalue weighted by Gasteiger charge is 2.40. The Morgan fingerprint density at radius 1 is 1.21 bits per heavy atom. The van der Waals surface area contributed by atoms with Gasteiger partial charge in [-0.1, -0.05) is 37.6 Å². The van der Waals surface area contributed by atoms with E-state index in [-0.39, 0.29) is 29.2 Å². The average molecular weight is 603 g/mol. The zero-order valence-electron chi connectivity index (χ0n) is 21.0. The summed E-state index contributed by atoms with van der Waals surface area (Å²) in [5.41, 5.74) is 0.297. The average Bonchev–Trinajstić information content (AvgIpc) is 3.56. The van der Waals surface area contributed by atoms with Crippen molar-refractivity contribution in [2.24, 2.45) is 5.92 Å². The molecule has 210 valence electrons. The number of rotatable bonds is 9. The molecule has 39 heavy (non-hydrogen) atoms. The summed E-state index contributed by atoms with van der Waals surface area (Å²) in [5.74, 6) is -0.321. The van der Waals surface area contributed by atoms with E-state index in [1.54, 1.807) is 6.07 Å². The number of alkyl halides is 3. The number of halogens is 4. The van der Waals surface area contributed by atoms with Gasteiger partial charge in [0.1, 0.15) is 10.3 Å². The van der Waals surface area contributed by atoms with Gasteiger partial charge in [-0.3, -0.25) is 4.79 Å². The molecule has 1 saturated heterocycles. The van der Waals surface area contributed by atoms with Gasteiger partial charge < -0.3 is 10.1 Å². The van der Waals surface area contributed by atoms with E-state index in [2.05, 4.69) is 15.3 Å². The molecule has 1 atom stereocenters. The molecule has 3 aromatic rings. The lowest BCUT2D eigenvalue weighted by molar-refractivity contribution is -0.137. The first-order valence-corrected chi connectivity index (χ1v) is 14.7. The van der Waals surface area contributed by atoms with Crippen molar-refractivity contribution >= 4 is 38.9 Å². The number of nitrogens with one attached hydrogen (secondary N) is 1. The van der Waals surface area contributed by atoms with Gasteiger partial charge in [-0.25, -0.2) is 8.42 Å². The molecule has 3 heterocycles. The van der Waals surface area contributed by atoms with Gasteiger partial charge in [-0.2, -0.15) is 27.4 Å². The third kappa shape index (κ3) is 7.07. The Balaban J connectivity index is 1.53. The van der Waals surface area contributed by atoms with Crippen LogP contribution >= 0.6 is 22.9 Å². The Bertz CT molecular complexity index is 1430. The van der Waals surface area contributed by atoms with E-state index in [1.807, 2.05) is 13.8 Å². The Hall–Kier alpha value is -2.74. The highest BCUT2D eigenvalue weighted by atomic mass is 35.5. The lowest BCUT2D eigenvalue weighted by Gasteiger charge is -2.22. The normalized spacial score (nSPS) is 16.5. The van der Waals surface area contributed by atoms with E-state index in [0.717, 1.165) is 23.5 Å². The maximum absolute atomic E-state index is 13.1. The number of thiophene rings is 1. The lowest BCUT2D eigenvalue weighted by Crippen LogP contribution is -2.45. The van der Waals surface area contributed by atoms with Crippen molar-refractivity contribution in [1.29, 1.82) is 0 Å². The quantitative estimate of drug-likeness (QED) is 0.353. The van der Waals surface area contributed by atoms with E-state index in [9.17, 15) is 26.4 Å². The molecular weight excluding hydrogens is 577 g/mol. The molecule has 8 nitrogen and oxygen atoms in total. The molecule has 1 N–H and O–H groups in total. The van der Waals surface area contributed by atoms with Crippen molar-refractivity contribution in [3.63, 3.8) is 0 Å². The van der Waals surface area contributed by atoms with Crippen LogP contribution in [0.1, 0.15) is 37.9 Å². The maximum atomic E-state index is 13.1. The van der Waals surface area contributed by atoms with Crippen LogP contribution in [0.2, 0.25) is 4.34 Å². The first kappa shape index (κ1) is 29.2. The van der Waals surface area contributed by atoms with Crippen LogP contribution in [0.25, 0.3) is 11.3 Å². The molecule has 14 heteroatoms. The predicted octanol–water partition coefficient (Wildman–Crippen LogP) is 5.38. The highest BCUT2D eigenvalue weighted by Crippen LogP contribution is 2.33. The number of carbonyl (C=O) groups excluding carboxylic acids is 1. The molecule has 0 bridgehead atoms. The molecule has 1 aliphatic rings. The van der Waals surface area contributed by atoms with Crippen LogP contribution in [0.15, 0.2) is 46.7 Å². The number of ether oxygens (including phenoxy) is 1. The van der Waals surface area contributed by atoms with Crippen LogP contribution in [0.3, 0.4) is 0 Å². The van der Waals surface area contributed by atoms with Crippen LogP contribution < -0.4 is 10.1 Å². The van der Waals surface area contributed by atoms with E-state index >= 15 is 0 Å². The molecule has 4 rings (SSSR count). The molecule has 0 unspecified atom stereocenters. The fourth-order valence-corrected chi connectivity index (χ4v) is 7.25. The molecule has 1 amide bonds. The second-order valence-corrected chi connectivity index (χ2v) is 13.2. The number of benzene rings is 1. The minimum absolute atomic E-state index is 0.0185. The number of amides is 1. The van der Waals surface area contributed by atoms with Crippen LogP contribution in [0.5, 0.6) is 6.01 Å². The lowest BCUT2D eigenvalue weighted by atomic mass is 10.1. The minimum atomic E-state index is -4.47. The molecule has 0 radical (unpaired) electrons. The number of nitrogens with zero attached hydrogens (tertiary/aromatic N) is 3. The van der Waals surface area contributed by atoms with Crippen molar-refractivity contribution in [3.8, 4) is 17.3 Å². The van der Waals surface area contributed by atoms with E-state index in [4.69, 9.17) is 16.3 Å². The third-order valence-electron chi connectivity index (χ3n) is 5.87. The summed E-state index contributed by atoms with van der Waals surface area (Å²) in [6, 6.07) is 8.10. The predicted molar refractivity (Wildman–Crippen MR) is 141 cm³/mol. The van der Waals surface area contributed by atoms with Gasteiger partial charge in [0.25, 0.3) is 10.0 Å². The Morgan fingerprint density at radius 2 is 1.92 bits per heavy atom. The Morgan fingerprint density at radius 3 is 2.54 bits per heavy atom. The number of carbonyl (C=O) groups is 1. The SMILES string of the molecule is CC(C)COc1nc(CNC(=O)[C@@H]2CCCN2S(=O)(=O)c2ccc(Cl)s2)cc(-c2ccc(C(F)(F)F)cc2)n1. The van der Waals surface area contributed by atoms with Crippen molar-refractivity contribution in [2.75, 3.05) is 13.2 Å². The maximum Gasteiger partial charge on any atom is 0.416 e. The van der Waals surface area contributed by atoms with Gasteiger partial charge in [-0.15, -0.1) is 11.3 Å². The number of hydrogen-bond acceptors (Lipinski definition) is 7. The zero-order valence-corrected chi connectivity index (χ0v) is 23.4. The number of hydrogen-bond donors (Lipinski definition) is 1. The minimum Gasteiger partial charge on any atom is -0.463 e. The van der Waals surface area contributed by atoms with Gasteiger partial charge >= 0.3 is 12.2 Å². The summed E-state index contributed by atoms with van der Waals surface area (Å²) in [5, 5.41) is 2.74. The summed E-state index contributed by atoms with van der Waals surface area (Å²) in [6.45, 7) is 4.32. The van der Waals surface area contributed by atoms with E-state index in [1.165, 1.54) is 28.6 Å². The van der Waals surface area contributed by atoms with Gasteiger partial charge in [0.15, 0.2) is 0 Å². The molecule has 0 aliphatic carbocycles. The zero-order chi connectivity index (χ0) is 28.4. The van der Waals surface area contributed by atoms with Crippen molar-refractivity contribution in [2.45, 2.75) is 49.7 Å². The number of aromatic nitrogens is 2. The summed E-state index contributed by atoms with van der Waals surface area (Å²) < 4.78 is 72.4. The molecule has 0 spiro atoms. The van der Waals surface area contributed by atoms with Gasteiger partial charge in [0, 0.05) is 12.1 Å². The van der Waals surface area contributed by atoms with Gasteiger partial charge in [0.05, 0.1) is 34.4 Å².